The fraction of sp³-hybridized carbons (Fsp3) is 0.360. The third-order valence-corrected chi connectivity index (χ3v) is 6.18. The number of non-ortho nitro benzene ring substituents is 1. The van der Waals surface area contributed by atoms with Crippen molar-refractivity contribution >= 4 is 22.6 Å². The molecule has 1 atom stereocenters. The maximum atomic E-state index is 13.3. The van der Waals surface area contributed by atoms with Gasteiger partial charge in [0.25, 0.3) is 5.69 Å². The van der Waals surface area contributed by atoms with E-state index >= 15 is 0 Å². The first-order chi connectivity index (χ1) is 14.7. The largest absolute Gasteiger partial charge is 0.457 e. The van der Waals surface area contributed by atoms with Gasteiger partial charge in [-0.3, -0.25) is 15.1 Å². The summed E-state index contributed by atoms with van der Waals surface area (Å²) in [6.45, 7) is 6.68. The number of nitrogens with zero attached hydrogens (tertiary/aromatic N) is 2. The van der Waals surface area contributed by atoms with Gasteiger partial charge in [0.05, 0.1) is 16.0 Å². The molecular formula is C25H26N2O4. The summed E-state index contributed by atoms with van der Waals surface area (Å²) in [5, 5.41) is 11.8. The molecular weight excluding hydrogens is 392 g/mol. The molecule has 6 heteroatoms. The number of pyridine rings is 1. The summed E-state index contributed by atoms with van der Waals surface area (Å²) in [6, 6.07) is 13.8. The number of ether oxygens (including phenoxy) is 1. The Bertz CT molecular complexity index is 1160. The number of esters is 1. The highest BCUT2D eigenvalue weighted by Crippen LogP contribution is 2.39. The molecule has 0 amide bonds. The molecule has 4 rings (SSSR count). The average Bonchev–Trinajstić information content (AvgIpc) is 2.75. The van der Waals surface area contributed by atoms with Crippen LogP contribution in [0.25, 0.3) is 10.9 Å². The van der Waals surface area contributed by atoms with Gasteiger partial charge in [-0.05, 0) is 47.8 Å². The second-order valence-corrected chi connectivity index (χ2v) is 9.24. The number of carbonyl (C=O) groups is 1. The molecule has 0 spiro atoms. The van der Waals surface area contributed by atoms with Crippen LogP contribution in [0, 0.1) is 21.4 Å². The monoisotopic (exact) mass is 418 g/mol. The van der Waals surface area contributed by atoms with Crippen LogP contribution in [0.3, 0.4) is 0 Å². The number of rotatable bonds is 4. The van der Waals surface area contributed by atoms with Crippen molar-refractivity contribution in [1.82, 2.24) is 4.98 Å². The fourth-order valence-corrected chi connectivity index (χ4v) is 4.34. The molecule has 1 aliphatic rings. The molecule has 6 nitrogen and oxygen atoms in total. The van der Waals surface area contributed by atoms with Crippen molar-refractivity contribution < 1.29 is 14.5 Å². The fourth-order valence-electron chi connectivity index (χ4n) is 4.34. The minimum atomic E-state index is -0.454. The number of para-hydroxylation sites is 1. The lowest BCUT2D eigenvalue weighted by Crippen LogP contribution is -2.29. The first kappa shape index (κ1) is 21.0. The number of carbonyl (C=O) groups excluding carboxylic acids is 1. The Morgan fingerprint density at radius 2 is 1.97 bits per heavy atom. The van der Waals surface area contributed by atoms with Crippen LogP contribution in [0.15, 0.2) is 48.5 Å². The lowest BCUT2D eigenvalue weighted by molar-refractivity contribution is -0.384. The van der Waals surface area contributed by atoms with Crippen LogP contribution in [0.1, 0.15) is 54.4 Å². The molecule has 2 aromatic carbocycles. The van der Waals surface area contributed by atoms with Crippen molar-refractivity contribution in [1.29, 1.82) is 0 Å². The summed E-state index contributed by atoms with van der Waals surface area (Å²) in [4.78, 5) is 28.7. The molecule has 0 bridgehead atoms. The van der Waals surface area contributed by atoms with E-state index in [-0.39, 0.29) is 17.7 Å². The van der Waals surface area contributed by atoms with Gasteiger partial charge in [0.15, 0.2) is 0 Å². The number of nitro groups is 1. The van der Waals surface area contributed by atoms with Crippen LogP contribution in [-0.4, -0.2) is 15.9 Å². The highest BCUT2D eigenvalue weighted by molar-refractivity contribution is 6.05. The summed E-state index contributed by atoms with van der Waals surface area (Å²) in [5.74, 6) is 0.0437. The van der Waals surface area contributed by atoms with E-state index in [0.29, 0.717) is 17.0 Å². The van der Waals surface area contributed by atoms with Gasteiger partial charge < -0.3 is 4.74 Å². The number of hydrogen-bond donors (Lipinski definition) is 0. The van der Waals surface area contributed by atoms with E-state index < -0.39 is 10.9 Å². The second-order valence-electron chi connectivity index (χ2n) is 9.24. The van der Waals surface area contributed by atoms with Crippen molar-refractivity contribution in [2.24, 2.45) is 11.3 Å². The summed E-state index contributed by atoms with van der Waals surface area (Å²) in [6.07, 6.45) is 2.68. The van der Waals surface area contributed by atoms with Crippen LogP contribution in [-0.2, 0) is 24.2 Å². The zero-order valence-electron chi connectivity index (χ0n) is 18.1. The predicted molar refractivity (Wildman–Crippen MR) is 119 cm³/mol. The highest BCUT2D eigenvalue weighted by atomic mass is 16.6. The van der Waals surface area contributed by atoms with Gasteiger partial charge in [-0.1, -0.05) is 51.1 Å². The minimum absolute atomic E-state index is 0.0192. The Hall–Kier alpha value is -3.28. The lowest BCUT2D eigenvalue weighted by Gasteiger charge is -2.35. The molecule has 160 valence electrons. The van der Waals surface area contributed by atoms with Gasteiger partial charge in [-0.25, -0.2) is 4.79 Å². The Labute approximate surface area is 181 Å². The summed E-state index contributed by atoms with van der Waals surface area (Å²) in [7, 11) is 0. The SMILES string of the molecule is CC(C)(C)C1CCc2nc3ccccc3c(C(=O)OCc3cccc([N+](=O)[O-])c3)c2C1. The number of benzene rings is 2. The standard InChI is InChI=1S/C25H26N2O4/c1-25(2,3)17-11-12-22-20(14-17)23(19-9-4-5-10-21(19)26-22)24(28)31-15-16-7-6-8-18(13-16)27(29)30/h4-10,13,17H,11-12,14-15H2,1-3H3. The third kappa shape index (κ3) is 4.29. The van der Waals surface area contributed by atoms with E-state index in [1.807, 2.05) is 24.3 Å². The summed E-state index contributed by atoms with van der Waals surface area (Å²) in [5.41, 5.74) is 4.02. The molecule has 0 N–H and O–H groups in total. The highest BCUT2D eigenvalue weighted by Gasteiger charge is 2.33. The van der Waals surface area contributed by atoms with Gasteiger partial charge in [-0.2, -0.15) is 0 Å². The first-order valence-corrected chi connectivity index (χ1v) is 10.5. The van der Waals surface area contributed by atoms with Crippen molar-refractivity contribution in [3.8, 4) is 0 Å². The molecule has 0 radical (unpaired) electrons. The number of aromatic nitrogens is 1. The Morgan fingerprint density at radius 3 is 2.71 bits per heavy atom. The van der Waals surface area contributed by atoms with E-state index in [2.05, 4.69) is 20.8 Å². The number of hydrogen-bond acceptors (Lipinski definition) is 5. The molecule has 0 aliphatic heterocycles. The molecule has 1 aliphatic carbocycles. The second kappa shape index (κ2) is 8.10. The van der Waals surface area contributed by atoms with Crippen LogP contribution < -0.4 is 0 Å². The third-order valence-electron chi connectivity index (χ3n) is 6.18. The van der Waals surface area contributed by atoms with E-state index in [0.717, 1.165) is 41.4 Å². The zero-order chi connectivity index (χ0) is 22.2. The van der Waals surface area contributed by atoms with Crippen molar-refractivity contribution in [3.05, 3.63) is 81.0 Å². The van der Waals surface area contributed by atoms with Crippen LogP contribution in [0.2, 0.25) is 0 Å². The van der Waals surface area contributed by atoms with Crippen LogP contribution in [0.5, 0.6) is 0 Å². The number of aryl methyl sites for hydroxylation is 1. The minimum Gasteiger partial charge on any atom is -0.457 e. The van der Waals surface area contributed by atoms with Gasteiger partial charge in [0.2, 0.25) is 0 Å². The smallest absolute Gasteiger partial charge is 0.339 e. The Kier molecular flexibility index (Phi) is 5.48. The quantitative estimate of drug-likeness (QED) is 0.311. The molecule has 1 unspecified atom stereocenters. The Balaban J connectivity index is 1.70. The van der Waals surface area contributed by atoms with Gasteiger partial charge >= 0.3 is 5.97 Å². The topological polar surface area (TPSA) is 82.3 Å². The van der Waals surface area contributed by atoms with Gasteiger partial charge in [-0.15, -0.1) is 0 Å². The normalized spacial score (nSPS) is 16.0. The van der Waals surface area contributed by atoms with Gasteiger partial charge in [0.1, 0.15) is 6.61 Å². The van der Waals surface area contributed by atoms with E-state index in [9.17, 15) is 14.9 Å². The maximum absolute atomic E-state index is 13.3. The number of fused-ring (bicyclic) bond motifs is 2. The first-order valence-electron chi connectivity index (χ1n) is 10.5. The molecule has 0 fully saturated rings. The maximum Gasteiger partial charge on any atom is 0.339 e. The van der Waals surface area contributed by atoms with Crippen molar-refractivity contribution in [2.45, 2.75) is 46.6 Å². The zero-order valence-corrected chi connectivity index (χ0v) is 18.1. The number of nitro benzene ring substituents is 1. The van der Waals surface area contributed by atoms with Crippen LogP contribution >= 0.6 is 0 Å². The van der Waals surface area contributed by atoms with Gasteiger partial charge in [0, 0.05) is 23.2 Å². The Morgan fingerprint density at radius 1 is 1.19 bits per heavy atom. The molecule has 3 aromatic rings. The van der Waals surface area contributed by atoms with Crippen molar-refractivity contribution in [2.75, 3.05) is 0 Å². The predicted octanol–water partition coefficient (Wildman–Crippen LogP) is 5.65. The molecule has 0 saturated carbocycles. The molecule has 1 heterocycles. The lowest BCUT2D eigenvalue weighted by atomic mass is 9.70. The average molecular weight is 418 g/mol. The van der Waals surface area contributed by atoms with E-state index in [1.165, 1.54) is 12.1 Å². The molecule has 1 aromatic heterocycles. The van der Waals surface area contributed by atoms with Crippen molar-refractivity contribution in [3.63, 3.8) is 0 Å². The molecule has 0 saturated heterocycles. The summed E-state index contributed by atoms with van der Waals surface area (Å²) >= 11 is 0. The van der Waals surface area contributed by atoms with E-state index in [4.69, 9.17) is 9.72 Å². The molecule has 31 heavy (non-hydrogen) atoms. The van der Waals surface area contributed by atoms with Crippen LogP contribution in [0.4, 0.5) is 5.69 Å². The van der Waals surface area contributed by atoms with E-state index in [1.54, 1.807) is 12.1 Å². The summed E-state index contributed by atoms with van der Waals surface area (Å²) < 4.78 is 5.65.